The standard InChI is InChI=1S/C22H15F2N5O2S/c23-15-11-10-14(18(24)12-15)13-25-20-17-8-4-5-9-19(17)29-21(26-20)22(27-28-29)32(30,31)16-6-2-1-3-7-16/h1-12H,13H2,(H,25,26). The predicted molar refractivity (Wildman–Crippen MR) is 114 cm³/mol. The third-order valence-corrected chi connectivity index (χ3v) is 6.66. The number of aromatic nitrogens is 4. The van der Waals surface area contributed by atoms with Gasteiger partial charge in [-0.25, -0.2) is 22.2 Å². The van der Waals surface area contributed by atoms with Gasteiger partial charge in [0.1, 0.15) is 17.5 Å². The van der Waals surface area contributed by atoms with Crippen molar-refractivity contribution in [3.63, 3.8) is 0 Å². The highest BCUT2D eigenvalue weighted by atomic mass is 32.2. The molecule has 2 aromatic heterocycles. The van der Waals surface area contributed by atoms with E-state index in [2.05, 4.69) is 20.6 Å². The van der Waals surface area contributed by atoms with E-state index in [1.54, 1.807) is 42.5 Å². The lowest BCUT2D eigenvalue weighted by atomic mass is 10.2. The van der Waals surface area contributed by atoms with E-state index in [0.717, 1.165) is 6.07 Å². The average molecular weight is 451 g/mol. The molecule has 3 aromatic carbocycles. The maximum Gasteiger partial charge on any atom is 0.229 e. The lowest BCUT2D eigenvalue weighted by Crippen LogP contribution is -2.08. The fourth-order valence-electron chi connectivity index (χ4n) is 3.41. The summed E-state index contributed by atoms with van der Waals surface area (Å²) in [5.41, 5.74) is 0.845. The number of rotatable bonds is 5. The van der Waals surface area contributed by atoms with Crippen molar-refractivity contribution < 1.29 is 17.2 Å². The largest absolute Gasteiger partial charge is 0.365 e. The molecule has 1 N–H and O–H groups in total. The van der Waals surface area contributed by atoms with Crippen LogP contribution < -0.4 is 5.32 Å². The number of anilines is 1. The van der Waals surface area contributed by atoms with Gasteiger partial charge in [0.2, 0.25) is 14.9 Å². The normalized spacial score (nSPS) is 11.8. The molecule has 5 aromatic rings. The Kier molecular flexibility index (Phi) is 4.78. The maximum absolute atomic E-state index is 14.1. The van der Waals surface area contributed by atoms with Crippen molar-refractivity contribution in [3.8, 4) is 0 Å². The van der Waals surface area contributed by atoms with Gasteiger partial charge in [-0.05, 0) is 30.3 Å². The summed E-state index contributed by atoms with van der Waals surface area (Å²) in [5, 5.41) is 11.3. The van der Waals surface area contributed by atoms with Crippen molar-refractivity contribution in [2.75, 3.05) is 5.32 Å². The highest BCUT2D eigenvalue weighted by molar-refractivity contribution is 7.91. The van der Waals surface area contributed by atoms with Crippen molar-refractivity contribution in [2.24, 2.45) is 0 Å². The molecule has 0 saturated heterocycles. The Bertz CT molecular complexity index is 1570. The molecular formula is C22H15F2N5O2S. The number of hydrogen-bond donors (Lipinski definition) is 1. The highest BCUT2D eigenvalue weighted by Gasteiger charge is 2.27. The highest BCUT2D eigenvalue weighted by Crippen LogP contribution is 2.28. The molecule has 7 nitrogen and oxygen atoms in total. The number of nitrogens with one attached hydrogen (secondary N) is 1. The van der Waals surface area contributed by atoms with Gasteiger partial charge >= 0.3 is 0 Å². The maximum atomic E-state index is 14.1. The summed E-state index contributed by atoms with van der Waals surface area (Å²) in [5.74, 6) is -1.04. The van der Waals surface area contributed by atoms with Gasteiger partial charge in [-0.2, -0.15) is 4.52 Å². The first-order chi connectivity index (χ1) is 15.4. The Morgan fingerprint density at radius 1 is 0.938 bits per heavy atom. The summed E-state index contributed by atoms with van der Waals surface area (Å²) in [6.45, 7) is 0.0155. The summed E-state index contributed by atoms with van der Waals surface area (Å²) < 4.78 is 54.9. The van der Waals surface area contributed by atoms with Crippen molar-refractivity contribution in [2.45, 2.75) is 16.5 Å². The summed E-state index contributed by atoms with van der Waals surface area (Å²) in [6, 6.07) is 18.3. The molecular weight excluding hydrogens is 436 g/mol. The molecule has 0 saturated carbocycles. The van der Waals surface area contributed by atoms with Crippen LogP contribution in [-0.2, 0) is 16.4 Å². The van der Waals surface area contributed by atoms with Crippen molar-refractivity contribution in [1.82, 2.24) is 19.8 Å². The Morgan fingerprint density at radius 2 is 1.69 bits per heavy atom. The van der Waals surface area contributed by atoms with Crippen LogP contribution in [0, 0.1) is 11.6 Å². The van der Waals surface area contributed by atoms with Gasteiger partial charge in [-0.1, -0.05) is 41.6 Å². The zero-order chi connectivity index (χ0) is 22.3. The van der Waals surface area contributed by atoms with E-state index in [9.17, 15) is 17.2 Å². The Morgan fingerprint density at radius 3 is 2.47 bits per heavy atom. The van der Waals surface area contributed by atoms with Crippen LogP contribution in [0.2, 0.25) is 0 Å². The molecule has 0 aliphatic carbocycles. The quantitative estimate of drug-likeness (QED) is 0.435. The fourth-order valence-corrected chi connectivity index (χ4v) is 4.66. The molecule has 0 spiro atoms. The Hall–Kier alpha value is -3.92. The molecule has 32 heavy (non-hydrogen) atoms. The molecule has 5 rings (SSSR count). The Labute approximate surface area is 181 Å². The number of nitrogens with zero attached hydrogens (tertiary/aromatic N) is 4. The zero-order valence-corrected chi connectivity index (χ0v) is 17.2. The van der Waals surface area contributed by atoms with Crippen LogP contribution in [0.4, 0.5) is 14.6 Å². The van der Waals surface area contributed by atoms with E-state index in [1.807, 2.05) is 0 Å². The molecule has 0 aliphatic heterocycles. The second kappa shape index (κ2) is 7.65. The third kappa shape index (κ3) is 3.34. The summed E-state index contributed by atoms with van der Waals surface area (Å²) in [7, 11) is -3.97. The molecule has 2 heterocycles. The van der Waals surface area contributed by atoms with Crippen molar-refractivity contribution in [1.29, 1.82) is 0 Å². The first-order valence-corrected chi connectivity index (χ1v) is 11.1. The lowest BCUT2D eigenvalue weighted by Gasteiger charge is -2.11. The molecule has 160 valence electrons. The summed E-state index contributed by atoms with van der Waals surface area (Å²) >= 11 is 0. The first kappa shape index (κ1) is 20.0. The van der Waals surface area contributed by atoms with Gasteiger partial charge in [0.05, 0.1) is 10.4 Å². The molecule has 0 amide bonds. The number of halogens is 2. The smallest absolute Gasteiger partial charge is 0.229 e. The van der Waals surface area contributed by atoms with Crippen molar-refractivity contribution >= 4 is 32.2 Å². The van der Waals surface area contributed by atoms with E-state index in [0.29, 0.717) is 16.7 Å². The van der Waals surface area contributed by atoms with E-state index >= 15 is 0 Å². The lowest BCUT2D eigenvalue weighted by molar-refractivity contribution is 0.574. The molecule has 0 aliphatic rings. The number of hydrogen-bond acceptors (Lipinski definition) is 6. The molecule has 0 unspecified atom stereocenters. The van der Waals surface area contributed by atoms with Crippen molar-refractivity contribution in [3.05, 3.63) is 90.0 Å². The average Bonchev–Trinajstić information content (AvgIpc) is 3.24. The predicted octanol–water partition coefficient (Wildman–Crippen LogP) is 4.00. The molecule has 0 fully saturated rings. The summed E-state index contributed by atoms with van der Waals surface area (Å²) in [6.07, 6.45) is 0. The van der Waals surface area contributed by atoms with Crippen LogP contribution in [0.1, 0.15) is 5.56 Å². The van der Waals surface area contributed by atoms with Crippen LogP contribution in [0.15, 0.2) is 82.7 Å². The van der Waals surface area contributed by atoms with E-state index in [4.69, 9.17) is 0 Å². The van der Waals surface area contributed by atoms with Crippen LogP contribution in [-0.4, -0.2) is 28.2 Å². The van der Waals surface area contributed by atoms with Gasteiger partial charge in [0.25, 0.3) is 0 Å². The number of sulfone groups is 1. The zero-order valence-electron chi connectivity index (χ0n) is 16.4. The Balaban J connectivity index is 1.65. The minimum atomic E-state index is -3.97. The number of para-hydroxylation sites is 1. The third-order valence-electron chi connectivity index (χ3n) is 4.99. The summed E-state index contributed by atoms with van der Waals surface area (Å²) in [4.78, 5) is 4.54. The minimum absolute atomic E-state index is 0.0155. The number of benzene rings is 3. The van der Waals surface area contributed by atoms with Gasteiger partial charge in [-0.3, -0.25) is 0 Å². The van der Waals surface area contributed by atoms with E-state index in [1.165, 1.54) is 28.8 Å². The molecule has 0 radical (unpaired) electrons. The van der Waals surface area contributed by atoms with Crippen LogP contribution in [0.3, 0.4) is 0 Å². The molecule has 0 atom stereocenters. The van der Waals surface area contributed by atoms with E-state index < -0.39 is 21.5 Å². The van der Waals surface area contributed by atoms with Crippen LogP contribution in [0.25, 0.3) is 16.6 Å². The topological polar surface area (TPSA) is 89.2 Å². The van der Waals surface area contributed by atoms with Crippen LogP contribution in [0.5, 0.6) is 0 Å². The van der Waals surface area contributed by atoms with Gasteiger partial charge < -0.3 is 5.32 Å². The van der Waals surface area contributed by atoms with E-state index in [-0.39, 0.29) is 27.7 Å². The van der Waals surface area contributed by atoms with Gasteiger partial charge in [0, 0.05) is 23.6 Å². The molecule has 10 heteroatoms. The van der Waals surface area contributed by atoms with Gasteiger partial charge in [-0.15, -0.1) is 5.10 Å². The minimum Gasteiger partial charge on any atom is -0.365 e. The SMILES string of the molecule is O=S(=O)(c1ccccc1)c1nnn2c1nc(NCc1ccc(F)cc1F)c1ccccc12. The first-order valence-electron chi connectivity index (χ1n) is 9.57. The molecule has 0 bridgehead atoms. The monoisotopic (exact) mass is 451 g/mol. The fraction of sp³-hybridized carbons (Fsp3) is 0.0455. The second-order valence-corrected chi connectivity index (χ2v) is 8.88. The second-order valence-electron chi connectivity index (χ2n) is 7.01. The van der Waals surface area contributed by atoms with Gasteiger partial charge in [0.15, 0.2) is 5.65 Å². The van der Waals surface area contributed by atoms with Crippen LogP contribution >= 0.6 is 0 Å². The number of fused-ring (bicyclic) bond motifs is 3.